The van der Waals surface area contributed by atoms with E-state index in [1.807, 2.05) is 43.3 Å². The molecule has 164 valence electrons. The molecule has 32 heavy (non-hydrogen) atoms. The van der Waals surface area contributed by atoms with Gasteiger partial charge in [-0.05, 0) is 84.5 Å². The predicted molar refractivity (Wildman–Crippen MR) is 126 cm³/mol. The topological polar surface area (TPSA) is 70.0 Å². The Morgan fingerprint density at radius 1 is 1.06 bits per heavy atom. The first-order valence-corrected chi connectivity index (χ1v) is 10.6. The van der Waals surface area contributed by atoms with Crippen LogP contribution in [0.2, 0.25) is 0 Å². The first kappa shape index (κ1) is 21.5. The molecule has 0 aliphatic carbocycles. The van der Waals surface area contributed by atoms with Crippen molar-refractivity contribution >= 4 is 17.7 Å². The summed E-state index contributed by atoms with van der Waals surface area (Å²) in [5, 5.41) is 20.1. The number of phenols is 2. The van der Waals surface area contributed by atoms with Gasteiger partial charge in [-0.1, -0.05) is 30.3 Å². The van der Waals surface area contributed by atoms with Gasteiger partial charge in [0.1, 0.15) is 11.5 Å². The summed E-state index contributed by atoms with van der Waals surface area (Å²) >= 11 is 0. The summed E-state index contributed by atoms with van der Waals surface area (Å²) < 4.78 is 4.67. The molecule has 5 nitrogen and oxygen atoms in total. The van der Waals surface area contributed by atoms with Crippen molar-refractivity contribution in [3.05, 3.63) is 94.6 Å². The van der Waals surface area contributed by atoms with Crippen molar-refractivity contribution in [2.45, 2.75) is 25.8 Å². The van der Waals surface area contributed by atoms with Crippen LogP contribution in [0, 0.1) is 6.92 Å². The molecule has 0 fully saturated rings. The molecule has 1 atom stereocenters. The molecule has 1 aliphatic rings. The van der Waals surface area contributed by atoms with E-state index >= 15 is 0 Å². The van der Waals surface area contributed by atoms with Crippen molar-refractivity contribution in [1.82, 2.24) is 0 Å². The van der Waals surface area contributed by atoms with Crippen LogP contribution in [0.5, 0.6) is 11.5 Å². The van der Waals surface area contributed by atoms with E-state index < -0.39 is 11.5 Å². The smallest absolute Gasteiger partial charge is 0.330 e. The number of nitrogens with zero attached hydrogens (tertiary/aromatic N) is 1. The highest BCUT2D eigenvalue weighted by Crippen LogP contribution is 2.44. The Labute approximate surface area is 188 Å². The number of rotatable bonds is 4. The summed E-state index contributed by atoms with van der Waals surface area (Å²) in [5.41, 5.74) is 5.59. The van der Waals surface area contributed by atoms with Crippen LogP contribution < -0.4 is 4.90 Å². The van der Waals surface area contributed by atoms with Crippen LogP contribution in [0.3, 0.4) is 0 Å². The molecule has 4 rings (SSSR count). The Hall–Kier alpha value is -3.73. The predicted octanol–water partition coefficient (Wildman–Crippen LogP) is 4.92. The molecule has 5 heteroatoms. The van der Waals surface area contributed by atoms with E-state index in [0.717, 1.165) is 46.5 Å². The third kappa shape index (κ3) is 3.82. The van der Waals surface area contributed by atoms with Gasteiger partial charge in [0.05, 0.1) is 12.6 Å². The lowest BCUT2D eigenvalue weighted by molar-refractivity contribution is -0.134. The molecule has 0 saturated carbocycles. The standard InChI is InChI=1S/C27H27NO4/c1-18-16-22(9-12-25(18)30)28-15-14-20-17-23(29)10-11-24(20)27(28,2)21-7-4-19(5-8-21)6-13-26(31)32-3/h4-13,16-17,29-30H,14-15H2,1-3H3/b13-6+. The Morgan fingerprint density at radius 3 is 2.50 bits per heavy atom. The van der Waals surface area contributed by atoms with Crippen LogP contribution >= 0.6 is 0 Å². The van der Waals surface area contributed by atoms with Crippen LogP contribution in [0.1, 0.15) is 34.7 Å². The van der Waals surface area contributed by atoms with Crippen LogP contribution in [0.15, 0.2) is 66.7 Å². The third-order valence-electron chi connectivity index (χ3n) is 6.34. The number of fused-ring (bicyclic) bond motifs is 1. The Balaban J connectivity index is 1.82. The second kappa shape index (κ2) is 8.42. The fourth-order valence-electron chi connectivity index (χ4n) is 4.52. The highest BCUT2D eigenvalue weighted by Gasteiger charge is 2.40. The van der Waals surface area contributed by atoms with Gasteiger partial charge in [-0.2, -0.15) is 0 Å². The van der Waals surface area contributed by atoms with Crippen molar-refractivity contribution < 1.29 is 19.7 Å². The molecule has 0 aromatic heterocycles. The number of methoxy groups -OCH3 is 1. The molecule has 0 saturated heterocycles. The average molecular weight is 430 g/mol. The zero-order chi connectivity index (χ0) is 22.9. The summed E-state index contributed by atoms with van der Waals surface area (Å²) in [7, 11) is 1.36. The van der Waals surface area contributed by atoms with Crippen LogP contribution in [0.4, 0.5) is 5.69 Å². The van der Waals surface area contributed by atoms with E-state index in [1.54, 1.807) is 18.2 Å². The normalized spacial score (nSPS) is 17.9. The SMILES string of the molecule is COC(=O)/C=C/c1ccc(C2(C)c3ccc(O)cc3CCN2c2ccc(O)c(C)c2)cc1. The number of phenolic OH excluding ortho intramolecular Hbond substituents is 2. The lowest BCUT2D eigenvalue weighted by Gasteiger charge is -2.48. The second-order valence-electron chi connectivity index (χ2n) is 8.26. The van der Waals surface area contributed by atoms with Crippen molar-refractivity contribution in [3.63, 3.8) is 0 Å². The maximum Gasteiger partial charge on any atom is 0.330 e. The monoisotopic (exact) mass is 429 g/mol. The number of benzene rings is 3. The van der Waals surface area contributed by atoms with E-state index in [4.69, 9.17) is 0 Å². The Kier molecular flexibility index (Phi) is 5.66. The number of ether oxygens (including phenoxy) is 1. The number of carbonyl (C=O) groups is 1. The number of hydrogen-bond donors (Lipinski definition) is 2. The maximum absolute atomic E-state index is 11.4. The Morgan fingerprint density at radius 2 is 1.81 bits per heavy atom. The molecule has 3 aromatic rings. The summed E-state index contributed by atoms with van der Waals surface area (Å²) in [4.78, 5) is 13.8. The average Bonchev–Trinajstić information content (AvgIpc) is 2.79. The molecule has 1 unspecified atom stereocenters. The van der Waals surface area contributed by atoms with Gasteiger partial charge in [0, 0.05) is 18.3 Å². The lowest BCUT2D eigenvalue weighted by Crippen LogP contribution is -2.49. The lowest BCUT2D eigenvalue weighted by atomic mass is 9.76. The molecule has 0 spiro atoms. The fraction of sp³-hybridized carbons (Fsp3) is 0.222. The molecule has 0 amide bonds. The van der Waals surface area contributed by atoms with Gasteiger partial charge < -0.3 is 19.8 Å². The van der Waals surface area contributed by atoms with E-state index in [9.17, 15) is 15.0 Å². The molecular weight excluding hydrogens is 402 g/mol. The second-order valence-corrected chi connectivity index (χ2v) is 8.26. The van der Waals surface area contributed by atoms with Gasteiger partial charge in [0.15, 0.2) is 0 Å². The molecule has 2 N–H and O–H groups in total. The number of aryl methyl sites for hydroxylation is 1. The van der Waals surface area contributed by atoms with Gasteiger partial charge in [-0.15, -0.1) is 0 Å². The van der Waals surface area contributed by atoms with Crippen LogP contribution in [-0.2, 0) is 21.5 Å². The first-order valence-electron chi connectivity index (χ1n) is 10.6. The minimum atomic E-state index is -0.491. The molecule has 1 aliphatic heterocycles. The van der Waals surface area contributed by atoms with Crippen LogP contribution in [-0.4, -0.2) is 29.8 Å². The Bertz CT molecular complexity index is 1180. The highest BCUT2D eigenvalue weighted by atomic mass is 16.5. The zero-order valence-electron chi connectivity index (χ0n) is 18.5. The van der Waals surface area contributed by atoms with Gasteiger partial charge >= 0.3 is 5.97 Å². The van der Waals surface area contributed by atoms with E-state index in [0.29, 0.717) is 0 Å². The summed E-state index contributed by atoms with van der Waals surface area (Å²) in [6, 6.07) is 19.4. The molecular formula is C27H27NO4. The maximum atomic E-state index is 11.4. The van der Waals surface area contributed by atoms with Gasteiger partial charge in [0.2, 0.25) is 0 Å². The van der Waals surface area contributed by atoms with Crippen molar-refractivity contribution in [2.24, 2.45) is 0 Å². The summed E-state index contributed by atoms with van der Waals surface area (Å²) in [5.74, 6) is 0.152. The fourth-order valence-corrected chi connectivity index (χ4v) is 4.52. The number of hydrogen-bond acceptors (Lipinski definition) is 5. The summed E-state index contributed by atoms with van der Waals surface area (Å²) in [6.07, 6.45) is 3.94. The minimum Gasteiger partial charge on any atom is -0.508 e. The molecule has 0 bridgehead atoms. The number of carbonyl (C=O) groups excluding carboxylic acids is 1. The summed E-state index contributed by atoms with van der Waals surface area (Å²) in [6.45, 7) is 4.85. The minimum absolute atomic E-state index is 0.267. The molecule has 1 heterocycles. The zero-order valence-corrected chi connectivity index (χ0v) is 18.5. The molecule has 0 radical (unpaired) electrons. The number of esters is 1. The van der Waals surface area contributed by atoms with Crippen LogP contribution in [0.25, 0.3) is 6.08 Å². The molecule has 3 aromatic carbocycles. The van der Waals surface area contributed by atoms with Crippen molar-refractivity contribution in [3.8, 4) is 11.5 Å². The number of anilines is 1. The van der Waals surface area contributed by atoms with Gasteiger partial charge in [0.25, 0.3) is 0 Å². The van der Waals surface area contributed by atoms with E-state index in [-0.39, 0.29) is 11.5 Å². The third-order valence-corrected chi connectivity index (χ3v) is 6.34. The van der Waals surface area contributed by atoms with Gasteiger partial charge in [-0.25, -0.2) is 4.79 Å². The number of aromatic hydroxyl groups is 2. The van der Waals surface area contributed by atoms with E-state index in [1.165, 1.54) is 13.2 Å². The van der Waals surface area contributed by atoms with Gasteiger partial charge in [-0.3, -0.25) is 0 Å². The highest BCUT2D eigenvalue weighted by molar-refractivity contribution is 5.86. The first-order chi connectivity index (χ1) is 15.3. The largest absolute Gasteiger partial charge is 0.508 e. The van der Waals surface area contributed by atoms with Crippen molar-refractivity contribution in [2.75, 3.05) is 18.6 Å². The van der Waals surface area contributed by atoms with Crippen molar-refractivity contribution in [1.29, 1.82) is 0 Å². The van der Waals surface area contributed by atoms with E-state index in [2.05, 4.69) is 28.7 Å². The quantitative estimate of drug-likeness (QED) is 0.455.